The van der Waals surface area contributed by atoms with Crippen LogP contribution in [0.25, 0.3) is 0 Å². The van der Waals surface area contributed by atoms with Gasteiger partial charge in [-0.25, -0.2) is 0 Å². The highest BCUT2D eigenvalue weighted by atomic mass is 16.5. The predicted molar refractivity (Wildman–Crippen MR) is 158 cm³/mol. The minimum Gasteiger partial charge on any atom is -0.427 e. The smallest absolute Gasteiger partial charge is 0.311 e. The van der Waals surface area contributed by atoms with Gasteiger partial charge in [-0.1, -0.05) is 161 Å². The number of carbonyl (C=O) groups excluding carboxylic acids is 1. The molecule has 1 aromatic rings. The number of hydrogen-bond acceptors (Lipinski definition) is 2. The summed E-state index contributed by atoms with van der Waals surface area (Å²) in [5, 5.41) is 0. The third kappa shape index (κ3) is 20.8. The number of esters is 1. The fraction of sp³-hybridized carbons (Fsp3) is 0.794. The highest BCUT2D eigenvalue weighted by Crippen LogP contribution is 2.17. The lowest BCUT2D eigenvalue weighted by molar-refractivity contribution is -0.134. The average molecular weight is 501 g/mol. The number of rotatable bonds is 26. The highest BCUT2D eigenvalue weighted by molar-refractivity contribution is 5.72. The van der Waals surface area contributed by atoms with Crippen molar-refractivity contribution < 1.29 is 9.53 Å². The monoisotopic (exact) mass is 500 g/mol. The maximum Gasteiger partial charge on any atom is 0.311 e. The molecule has 1 rings (SSSR count). The molecule has 0 saturated heterocycles. The maximum atomic E-state index is 12.1. The molecular formula is C34H60O2. The van der Waals surface area contributed by atoms with Gasteiger partial charge in [0.1, 0.15) is 5.75 Å². The summed E-state index contributed by atoms with van der Waals surface area (Å²) in [5.41, 5.74) is 1.35. The number of ether oxygens (including phenoxy) is 1. The van der Waals surface area contributed by atoms with Crippen LogP contribution in [0.2, 0.25) is 0 Å². The quantitative estimate of drug-likeness (QED) is 0.0718. The van der Waals surface area contributed by atoms with Gasteiger partial charge in [0.15, 0.2) is 0 Å². The van der Waals surface area contributed by atoms with Crippen molar-refractivity contribution in [3.05, 3.63) is 29.8 Å². The zero-order valence-corrected chi connectivity index (χ0v) is 24.3. The fourth-order valence-corrected chi connectivity index (χ4v) is 5.01. The van der Waals surface area contributed by atoms with E-state index in [2.05, 4.69) is 26.0 Å². The van der Waals surface area contributed by atoms with Crippen LogP contribution in [-0.4, -0.2) is 5.97 Å². The molecule has 0 N–H and O–H groups in total. The van der Waals surface area contributed by atoms with Crippen molar-refractivity contribution in [1.82, 2.24) is 0 Å². The SMILES string of the molecule is CCCCCCCCCCCCCCCCc1ccc(OC(=O)CCCCCCCCCCC)cc1. The highest BCUT2D eigenvalue weighted by Gasteiger charge is 2.05. The first-order valence-corrected chi connectivity index (χ1v) is 16.1. The molecule has 0 aliphatic heterocycles. The summed E-state index contributed by atoms with van der Waals surface area (Å²) < 4.78 is 5.53. The molecule has 0 atom stereocenters. The van der Waals surface area contributed by atoms with Crippen molar-refractivity contribution in [2.45, 2.75) is 174 Å². The molecular weight excluding hydrogens is 440 g/mol. The summed E-state index contributed by atoms with van der Waals surface area (Å²) >= 11 is 0. The van der Waals surface area contributed by atoms with Gasteiger partial charge in [-0.2, -0.15) is 0 Å². The van der Waals surface area contributed by atoms with E-state index in [4.69, 9.17) is 4.74 Å². The van der Waals surface area contributed by atoms with Gasteiger partial charge >= 0.3 is 5.97 Å². The normalized spacial score (nSPS) is 11.2. The van der Waals surface area contributed by atoms with E-state index in [1.807, 2.05) is 12.1 Å². The molecule has 2 nitrogen and oxygen atoms in total. The molecule has 0 saturated carbocycles. The first-order chi connectivity index (χ1) is 17.8. The third-order valence-electron chi connectivity index (χ3n) is 7.46. The van der Waals surface area contributed by atoms with E-state index in [1.54, 1.807) is 0 Å². The minimum atomic E-state index is -0.0855. The summed E-state index contributed by atoms with van der Waals surface area (Å²) in [7, 11) is 0. The Balaban J connectivity index is 1.93. The van der Waals surface area contributed by atoms with Crippen LogP contribution in [0.5, 0.6) is 5.75 Å². The van der Waals surface area contributed by atoms with Gasteiger partial charge in [0.25, 0.3) is 0 Å². The fourth-order valence-electron chi connectivity index (χ4n) is 5.01. The van der Waals surface area contributed by atoms with E-state index >= 15 is 0 Å². The Morgan fingerprint density at radius 3 is 1.28 bits per heavy atom. The largest absolute Gasteiger partial charge is 0.427 e. The molecule has 208 valence electrons. The molecule has 36 heavy (non-hydrogen) atoms. The molecule has 0 amide bonds. The summed E-state index contributed by atoms with van der Waals surface area (Å²) in [6.07, 6.45) is 32.7. The lowest BCUT2D eigenvalue weighted by Gasteiger charge is -2.07. The second kappa shape index (κ2) is 25.3. The van der Waals surface area contributed by atoms with Gasteiger partial charge < -0.3 is 4.74 Å². The van der Waals surface area contributed by atoms with Crippen LogP contribution in [0, 0.1) is 0 Å². The Bertz CT molecular complexity index is 592. The zero-order valence-electron chi connectivity index (χ0n) is 24.3. The Morgan fingerprint density at radius 1 is 0.500 bits per heavy atom. The first kappa shape index (κ1) is 32.7. The van der Waals surface area contributed by atoms with Crippen LogP contribution in [0.1, 0.15) is 174 Å². The Morgan fingerprint density at radius 2 is 0.861 bits per heavy atom. The van der Waals surface area contributed by atoms with E-state index < -0.39 is 0 Å². The first-order valence-electron chi connectivity index (χ1n) is 16.1. The average Bonchev–Trinajstić information content (AvgIpc) is 2.89. The van der Waals surface area contributed by atoms with Crippen LogP contribution in [0.3, 0.4) is 0 Å². The molecule has 0 radical (unpaired) electrons. The van der Waals surface area contributed by atoms with Gasteiger partial charge in [0.2, 0.25) is 0 Å². The molecule has 0 unspecified atom stereocenters. The standard InChI is InChI=1S/C34H60O2/c1-3-5-7-9-11-13-14-15-16-17-19-20-22-24-26-32-28-30-33(31-29-32)36-34(35)27-25-23-21-18-12-10-8-6-4-2/h28-31H,3-27H2,1-2H3. The minimum absolute atomic E-state index is 0.0855. The van der Waals surface area contributed by atoms with Crippen LogP contribution in [-0.2, 0) is 11.2 Å². The summed E-state index contributed by atoms with van der Waals surface area (Å²) in [5.74, 6) is 0.610. The van der Waals surface area contributed by atoms with Crippen LogP contribution in [0.4, 0.5) is 0 Å². The van der Waals surface area contributed by atoms with E-state index in [9.17, 15) is 4.79 Å². The molecule has 0 aromatic heterocycles. The van der Waals surface area contributed by atoms with E-state index in [-0.39, 0.29) is 5.97 Å². The molecule has 0 aliphatic carbocycles. The van der Waals surface area contributed by atoms with Crippen molar-refractivity contribution in [1.29, 1.82) is 0 Å². The number of hydrogen-bond donors (Lipinski definition) is 0. The number of unbranched alkanes of at least 4 members (excludes halogenated alkanes) is 21. The Kier molecular flexibility index (Phi) is 23.0. The molecule has 0 fully saturated rings. The van der Waals surface area contributed by atoms with E-state index in [0.717, 1.165) is 19.3 Å². The molecule has 0 aliphatic rings. The van der Waals surface area contributed by atoms with Crippen LogP contribution < -0.4 is 4.74 Å². The zero-order chi connectivity index (χ0) is 25.9. The third-order valence-corrected chi connectivity index (χ3v) is 7.46. The maximum absolute atomic E-state index is 12.1. The van der Waals surface area contributed by atoms with Gasteiger partial charge in [0, 0.05) is 6.42 Å². The van der Waals surface area contributed by atoms with E-state index in [1.165, 1.54) is 140 Å². The lowest BCUT2D eigenvalue weighted by Crippen LogP contribution is -2.07. The predicted octanol–water partition coefficient (Wildman–Crippen LogP) is 11.5. The van der Waals surface area contributed by atoms with Gasteiger partial charge in [-0.15, -0.1) is 0 Å². The second-order valence-corrected chi connectivity index (χ2v) is 11.0. The Labute approximate surface area is 225 Å². The molecule has 0 heterocycles. The number of benzene rings is 1. The van der Waals surface area contributed by atoms with E-state index in [0.29, 0.717) is 12.2 Å². The summed E-state index contributed by atoms with van der Waals surface area (Å²) in [6, 6.07) is 8.19. The number of carbonyl (C=O) groups is 1. The van der Waals surface area contributed by atoms with Crippen molar-refractivity contribution in [3.8, 4) is 5.75 Å². The molecule has 2 heteroatoms. The number of aryl methyl sites for hydroxylation is 1. The lowest BCUT2D eigenvalue weighted by atomic mass is 10.0. The van der Waals surface area contributed by atoms with Crippen molar-refractivity contribution in [3.63, 3.8) is 0 Å². The van der Waals surface area contributed by atoms with Gasteiger partial charge in [-0.3, -0.25) is 4.79 Å². The molecule has 0 spiro atoms. The summed E-state index contributed by atoms with van der Waals surface area (Å²) in [6.45, 7) is 4.55. The summed E-state index contributed by atoms with van der Waals surface area (Å²) in [4.78, 5) is 12.1. The second-order valence-electron chi connectivity index (χ2n) is 11.0. The molecule has 0 bridgehead atoms. The van der Waals surface area contributed by atoms with Gasteiger partial charge in [0.05, 0.1) is 0 Å². The van der Waals surface area contributed by atoms with Crippen molar-refractivity contribution in [2.24, 2.45) is 0 Å². The molecule has 1 aromatic carbocycles. The van der Waals surface area contributed by atoms with Crippen molar-refractivity contribution in [2.75, 3.05) is 0 Å². The Hall–Kier alpha value is -1.31. The van der Waals surface area contributed by atoms with Gasteiger partial charge in [-0.05, 0) is 37.0 Å². The van der Waals surface area contributed by atoms with Crippen LogP contribution in [0.15, 0.2) is 24.3 Å². The van der Waals surface area contributed by atoms with Crippen molar-refractivity contribution >= 4 is 5.97 Å². The van der Waals surface area contributed by atoms with Crippen LogP contribution >= 0.6 is 0 Å². The topological polar surface area (TPSA) is 26.3 Å².